The summed E-state index contributed by atoms with van der Waals surface area (Å²) in [6.07, 6.45) is 0.671. The van der Waals surface area contributed by atoms with E-state index in [-0.39, 0.29) is 18.3 Å². The molecule has 0 aromatic rings. The SMILES string of the molecule is CC(C)(C)O.CC(C)O.CC(O)CCC(C)O. The van der Waals surface area contributed by atoms with Gasteiger partial charge >= 0.3 is 0 Å². The van der Waals surface area contributed by atoms with Gasteiger partial charge in [0.15, 0.2) is 0 Å². The maximum absolute atomic E-state index is 8.69. The van der Waals surface area contributed by atoms with E-state index in [1.165, 1.54) is 0 Å². The van der Waals surface area contributed by atoms with E-state index in [4.69, 9.17) is 20.4 Å². The van der Waals surface area contributed by atoms with Crippen molar-refractivity contribution in [1.29, 1.82) is 0 Å². The van der Waals surface area contributed by atoms with Crippen LogP contribution in [0.5, 0.6) is 0 Å². The minimum atomic E-state index is -0.500. The molecule has 0 aromatic heterocycles. The molecule has 2 atom stereocenters. The van der Waals surface area contributed by atoms with Gasteiger partial charge in [0, 0.05) is 6.10 Å². The van der Waals surface area contributed by atoms with Crippen LogP contribution < -0.4 is 0 Å². The molecule has 17 heavy (non-hydrogen) atoms. The molecule has 4 nitrogen and oxygen atoms in total. The van der Waals surface area contributed by atoms with Gasteiger partial charge in [-0.05, 0) is 61.3 Å². The second-order valence-electron chi connectivity index (χ2n) is 5.54. The molecule has 0 bridgehead atoms. The van der Waals surface area contributed by atoms with Crippen molar-refractivity contribution in [2.45, 2.75) is 85.2 Å². The van der Waals surface area contributed by atoms with E-state index in [0.29, 0.717) is 12.8 Å². The fourth-order valence-corrected chi connectivity index (χ4v) is 0.482. The first-order chi connectivity index (χ1) is 7.36. The maximum Gasteiger partial charge on any atom is 0.0563 e. The van der Waals surface area contributed by atoms with Gasteiger partial charge in [-0.3, -0.25) is 0 Å². The lowest BCUT2D eigenvalue weighted by Crippen LogP contribution is -2.10. The third kappa shape index (κ3) is 130. The first kappa shape index (κ1) is 22.1. The smallest absolute Gasteiger partial charge is 0.0563 e. The highest BCUT2D eigenvalue weighted by Crippen LogP contribution is 1.98. The van der Waals surface area contributed by atoms with Gasteiger partial charge in [0.25, 0.3) is 0 Å². The summed E-state index contributed by atoms with van der Waals surface area (Å²) >= 11 is 0. The van der Waals surface area contributed by atoms with Gasteiger partial charge in [0.2, 0.25) is 0 Å². The Labute approximate surface area is 106 Å². The molecule has 0 amide bonds. The molecule has 2 unspecified atom stereocenters. The lowest BCUT2D eigenvalue weighted by molar-refractivity contribution is 0.102. The van der Waals surface area contributed by atoms with Crippen LogP contribution in [0.15, 0.2) is 0 Å². The second-order valence-corrected chi connectivity index (χ2v) is 5.54. The van der Waals surface area contributed by atoms with Crippen LogP contribution in [-0.2, 0) is 0 Å². The Balaban J connectivity index is -0.000000188. The molecule has 108 valence electrons. The highest BCUT2D eigenvalue weighted by atomic mass is 16.3. The average Bonchev–Trinajstić information content (AvgIpc) is 1.96. The third-order valence-electron chi connectivity index (χ3n) is 1.00. The van der Waals surface area contributed by atoms with E-state index in [0.717, 1.165) is 0 Å². The summed E-state index contributed by atoms with van der Waals surface area (Å²) in [5, 5.41) is 34.0. The van der Waals surface area contributed by atoms with Gasteiger partial charge in [-0.15, -0.1) is 0 Å². The Bertz CT molecular complexity index is 120. The van der Waals surface area contributed by atoms with Gasteiger partial charge in [0.1, 0.15) is 0 Å². The van der Waals surface area contributed by atoms with Gasteiger partial charge in [0.05, 0.1) is 17.8 Å². The summed E-state index contributed by atoms with van der Waals surface area (Å²) in [4.78, 5) is 0. The summed E-state index contributed by atoms with van der Waals surface area (Å²) in [6, 6.07) is 0. The first-order valence-corrected chi connectivity index (χ1v) is 6.12. The zero-order chi connectivity index (χ0) is 14.6. The van der Waals surface area contributed by atoms with E-state index < -0.39 is 5.60 Å². The van der Waals surface area contributed by atoms with Crippen LogP contribution in [0.3, 0.4) is 0 Å². The fourth-order valence-electron chi connectivity index (χ4n) is 0.482. The molecule has 0 spiro atoms. The van der Waals surface area contributed by atoms with Crippen molar-refractivity contribution >= 4 is 0 Å². The van der Waals surface area contributed by atoms with Crippen molar-refractivity contribution in [1.82, 2.24) is 0 Å². The molecular weight excluding hydrogens is 220 g/mol. The Morgan fingerprint density at radius 2 is 0.882 bits per heavy atom. The van der Waals surface area contributed by atoms with Gasteiger partial charge in [-0.1, -0.05) is 0 Å². The van der Waals surface area contributed by atoms with Crippen LogP contribution in [0.2, 0.25) is 0 Å². The summed E-state index contributed by atoms with van der Waals surface area (Å²) in [6.45, 7) is 12.1. The quantitative estimate of drug-likeness (QED) is 0.616. The maximum atomic E-state index is 8.69. The molecule has 0 aliphatic rings. The van der Waals surface area contributed by atoms with Crippen molar-refractivity contribution in [3.05, 3.63) is 0 Å². The van der Waals surface area contributed by atoms with Crippen molar-refractivity contribution in [3.63, 3.8) is 0 Å². The molecule has 4 N–H and O–H groups in total. The monoisotopic (exact) mass is 252 g/mol. The number of hydrogen-bond acceptors (Lipinski definition) is 4. The molecule has 0 radical (unpaired) electrons. The Morgan fingerprint density at radius 1 is 0.765 bits per heavy atom. The lowest BCUT2D eigenvalue weighted by atomic mass is 10.1. The summed E-state index contributed by atoms with van der Waals surface area (Å²) < 4.78 is 0. The molecule has 0 rings (SSSR count). The van der Waals surface area contributed by atoms with Gasteiger partial charge in [-0.2, -0.15) is 0 Å². The van der Waals surface area contributed by atoms with Gasteiger partial charge in [-0.25, -0.2) is 0 Å². The van der Waals surface area contributed by atoms with E-state index in [1.54, 1.807) is 48.5 Å². The van der Waals surface area contributed by atoms with Crippen molar-refractivity contribution in [2.75, 3.05) is 0 Å². The molecule has 0 fully saturated rings. The minimum absolute atomic E-state index is 0.167. The lowest BCUT2D eigenvalue weighted by Gasteiger charge is -2.04. The topological polar surface area (TPSA) is 80.9 Å². The van der Waals surface area contributed by atoms with E-state index >= 15 is 0 Å². The first-order valence-electron chi connectivity index (χ1n) is 6.12. The zero-order valence-corrected chi connectivity index (χ0v) is 12.4. The normalized spacial score (nSPS) is 14.1. The van der Waals surface area contributed by atoms with Gasteiger partial charge < -0.3 is 20.4 Å². The number of aliphatic hydroxyl groups excluding tert-OH is 3. The van der Waals surface area contributed by atoms with E-state index in [2.05, 4.69) is 0 Å². The minimum Gasteiger partial charge on any atom is -0.394 e. The summed E-state index contributed by atoms with van der Waals surface area (Å²) in [5.41, 5.74) is -0.500. The number of rotatable bonds is 3. The molecule has 0 saturated carbocycles. The van der Waals surface area contributed by atoms with E-state index in [1.807, 2.05) is 0 Å². The molecule has 0 aliphatic heterocycles. The fraction of sp³-hybridized carbons (Fsp3) is 1.00. The molecule has 0 aromatic carbocycles. The summed E-state index contributed by atoms with van der Waals surface area (Å²) in [7, 11) is 0. The van der Waals surface area contributed by atoms with Crippen LogP contribution >= 0.6 is 0 Å². The molecule has 0 saturated heterocycles. The predicted octanol–water partition coefficient (Wildman–Crippen LogP) is 1.69. The summed E-state index contributed by atoms with van der Waals surface area (Å²) in [5.74, 6) is 0. The number of hydrogen-bond donors (Lipinski definition) is 4. The van der Waals surface area contributed by atoms with Crippen molar-refractivity contribution < 1.29 is 20.4 Å². The third-order valence-corrected chi connectivity index (χ3v) is 1.00. The van der Waals surface area contributed by atoms with Crippen LogP contribution in [-0.4, -0.2) is 44.3 Å². The molecule has 0 aliphatic carbocycles. The molecule has 0 heterocycles. The Morgan fingerprint density at radius 3 is 0.941 bits per heavy atom. The standard InChI is InChI=1S/C6H14O2.C4H10O.C3H8O/c1-5(7)3-4-6(2)8;1-4(2,3)5;1-3(2)4/h5-8H,3-4H2,1-2H3;5H,1-3H3;3-4H,1-2H3. The second kappa shape index (κ2) is 12.3. The number of aliphatic hydroxyl groups is 4. The predicted molar refractivity (Wildman–Crippen MR) is 71.9 cm³/mol. The van der Waals surface area contributed by atoms with Crippen LogP contribution in [0.4, 0.5) is 0 Å². The van der Waals surface area contributed by atoms with Crippen molar-refractivity contribution in [3.8, 4) is 0 Å². The average molecular weight is 252 g/mol. The highest BCUT2D eigenvalue weighted by molar-refractivity contribution is 4.51. The molecule has 4 heteroatoms. The van der Waals surface area contributed by atoms with Crippen LogP contribution in [0.1, 0.15) is 61.3 Å². The highest BCUT2D eigenvalue weighted by Gasteiger charge is 1.98. The Hall–Kier alpha value is -0.160. The largest absolute Gasteiger partial charge is 0.394 e. The Kier molecular flexibility index (Phi) is 16.0. The van der Waals surface area contributed by atoms with Crippen molar-refractivity contribution in [2.24, 2.45) is 0 Å². The van der Waals surface area contributed by atoms with Crippen LogP contribution in [0, 0.1) is 0 Å². The van der Waals surface area contributed by atoms with Crippen LogP contribution in [0.25, 0.3) is 0 Å². The zero-order valence-electron chi connectivity index (χ0n) is 12.4. The molecular formula is C13H32O4. The van der Waals surface area contributed by atoms with E-state index in [9.17, 15) is 0 Å².